The van der Waals surface area contributed by atoms with Gasteiger partial charge in [-0.05, 0) is 83.9 Å². The molecule has 0 saturated heterocycles. The summed E-state index contributed by atoms with van der Waals surface area (Å²) < 4.78 is 7.27. The molecule has 3 nitrogen and oxygen atoms in total. The van der Waals surface area contributed by atoms with Gasteiger partial charge >= 0.3 is 0 Å². The molecule has 238 valence electrons. The number of hydrogen-bond acceptors (Lipinski definition) is 0. The third-order valence-electron chi connectivity index (χ3n) is 10.6. The molecule has 3 heteroatoms. The normalized spacial score (nSPS) is 11.9. The predicted octanol–water partition coefficient (Wildman–Crippen LogP) is 12.6. The van der Waals surface area contributed by atoms with E-state index in [2.05, 4.69) is 202 Å². The maximum absolute atomic E-state index is 2.47. The van der Waals surface area contributed by atoms with E-state index in [0.717, 1.165) is 17.1 Å². The first kappa shape index (κ1) is 28.0. The van der Waals surface area contributed by atoms with Crippen LogP contribution in [0.5, 0.6) is 0 Å². The highest BCUT2D eigenvalue weighted by Gasteiger charge is 2.21. The standard InChI is InChI=1S/C48H31N3/c1-3-15-34(16-4-1)49-44-25-12-9-22-40(44)47-46(49)29-27-39-41-31-33(26-28-45(41)51(48(39)47)35-17-5-2-6-18-35)32-14-13-19-36(30-32)50-42-23-10-7-20-37(42)38-21-8-11-24-43(38)50/h1-31H. The Morgan fingerprint density at radius 3 is 1.43 bits per heavy atom. The Bertz CT molecular complexity index is 3070. The molecule has 0 unspecified atom stereocenters. The van der Waals surface area contributed by atoms with E-state index in [1.165, 1.54) is 76.5 Å². The minimum absolute atomic E-state index is 1.16. The van der Waals surface area contributed by atoms with Crippen LogP contribution in [-0.2, 0) is 0 Å². The fourth-order valence-electron chi connectivity index (χ4n) is 8.46. The first-order valence-corrected chi connectivity index (χ1v) is 17.5. The maximum Gasteiger partial charge on any atom is 0.0641 e. The minimum Gasteiger partial charge on any atom is -0.309 e. The first-order valence-electron chi connectivity index (χ1n) is 17.5. The predicted molar refractivity (Wildman–Crippen MR) is 215 cm³/mol. The van der Waals surface area contributed by atoms with Gasteiger partial charge in [0.15, 0.2) is 0 Å². The van der Waals surface area contributed by atoms with Crippen molar-refractivity contribution in [3.63, 3.8) is 0 Å². The summed E-state index contributed by atoms with van der Waals surface area (Å²) in [6, 6.07) is 68.4. The third-order valence-corrected chi connectivity index (χ3v) is 10.6. The molecule has 3 aromatic heterocycles. The number of hydrogen-bond donors (Lipinski definition) is 0. The van der Waals surface area contributed by atoms with Crippen LogP contribution in [0, 0.1) is 0 Å². The fraction of sp³-hybridized carbons (Fsp3) is 0. The summed E-state index contributed by atoms with van der Waals surface area (Å²) in [6.45, 7) is 0. The van der Waals surface area contributed by atoms with Crippen LogP contribution in [0.1, 0.15) is 0 Å². The SMILES string of the molecule is c1ccc(-n2c3ccccc3c3c2ccc2c4cc(-c5cccc(-n6c7ccccc7c7ccccc76)c5)ccc4n(-c4ccccc4)c23)cc1. The zero-order valence-electron chi connectivity index (χ0n) is 27.7. The van der Waals surface area contributed by atoms with Crippen LogP contribution in [0.4, 0.5) is 0 Å². The van der Waals surface area contributed by atoms with E-state index in [1.54, 1.807) is 0 Å². The van der Waals surface area contributed by atoms with E-state index in [4.69, 9.17) is 0 Å². The van der Waals surface area contributed by atoms with Gasteiger partial charge in [0.2, 0.25) is 0 Å². The van der Waals surface area contributed by atoms with Gasteiger partial charge in [-0.15, -0.1) is 0 Å². The molecular weight excluding hydrogens is 619 g/mol. The molecule has 11 aromatic rings. The Kier molecular flexibility index (Phi) is 5.96. The van der Waals surface area contributed by atoms with Gasteiger partial charge in [0.1, 0.15) is 0 Å². The monoisotopic (exact) mass is 649 g/mol. The Balaban J connectivity index is 1.19. The van der Waals surface area contributed by atoms with E-state index < -0.39 is 0 Å². The van der Waals surface area contributed by atoms with Gasteiger partial charge in [-0.2, -0.15) is 0 Å². The molecule has 0 spiro atoms. The lowest BCUT2D eigenvalue weighted by Crippen LogP contribution is -1.95. The summed E-state index contributed by atoms with van der Waals surface area (Å²) in [5.74, 6) is 0. The average molecular weight is 650 g/mol. The summed E-state index contributed by atoms with van der Waals surface area (Å²) in [7, 11) is 0. The molecular formula is C48H31N3. The van der Waals surface area contributed by atoms with Crippen LogP contribution in [0.3, 0.4) is 0 Å². The summed E-state index contributed by atoms with van der Waals surface area (Å²) >= 11 is 0. The molecule has 0 saturated carbocycles. The molecule has 0 aliphatic rings. The highest BCUT2D eigenvalue weighted by molar-refractivity contribution is 6.26. The summed E-state index contributed by atoms with van der Waals surface area (Å²) in [6.07, 6.45) is 0. The molecule has 0 amide bonds. The van der Waals surface area contributed by atoms with Crippen LogP contribution in [-0.4, -0.2) is 13.7 Å². The van der Waals surface area contributed by atoms with Crippen molar-refractivity contribution in [1.82, 2.24) is 13.7 Å². The van der Waals surface area contributed by atoms with Crippen LogP contribution in [0.25, 0.3) is 93.6 Å². The van der Waals surface area contributed by atoms with Crippen molar-refractivity contribution >= 4 is 65.4 Å². The molecule has 0 fully saturated rings. The third kappa shape index (κ3) is 4.06. The number of para-hydroxylation sites is 5. The quantitative estimate of drug-likeness (QED) is 0.180. The van der Waals surface area contributed by atoms with Gasteiger partial charge in [-0.25, -0.2) is 0 Å². The van der Waals surface area contributed by atoms with Crippen LogP contribution in [0.2, 0.25) is 0 Å². The van der Waals surface area contributed by atoms with Gasteiger partial charge < -0.3 is 13.7 Å². The Morgan fingerprint density at radius 2 is 0.745 bits per heavy atom. The van der Waals surface area contributed by atoms with Gasteiger partial charge in [-0.3, -0.25) is 0 Å². The lowest BCUT2D eigenvalue weighted by atomic mass is 10.0. The number of aromatic nitrogens is 3. The van der Waals surface area contributed by atoms with Crippen molar-refractivity contribution in [3.8, 4) is 28.2 Å². The Hall–Kier alpha value is -6.84. The molecule has 51 heavy (non-hydrogen) atoms. The topological polar surface area (TPSA) is 14.8 Å². The lowest BCUT2D eigenvalue weighted by Gasteiger charge is -2.11. The summed E-state index contributed by atoms with van der Waals surface area (Å²) in [5, 5.41) is 7.55. The smallest absolute Gasteiger partial charge is 0.0641 e. The van der Waals surface area contributed by atoms with Crippen LogP contribution < -0.4 is 0 Å². The zero-order valence-corrected chi connectivity index (χ0v) is 27.7. The van der Waals surface area contributed by atoms with E-state index in [9.17, 15) is 0 Å². The number of fused-ring (bicyclic) bond motifs is 10. The van der Waals surface area contributed by atoms with Crippen molar-refractivity contribution in [2.45, 2.75) is 0 Å². The van der Waals surface area contributed by atoms with Gasteiger partial charge in [0.05, 0.1) is 33.1 Å². The highest BCUT2D eigenvalue weighted by atomic mass is 15.0. The van der Waals surface area contributed by atoms with Crippen molar-refractivity contribution in [3.05, 3.63) is 188 Å². The van der Waals surface area contributed by atoms with Gasteiger partial charge in [-0.1, -0.05) is 115 Å². The molecule has 0 atom stereocenters. The largest absolute Gasteiger partial charge is 0.309 e. The second kappa shape index (κ2) is 10.8. The van der Waals surface area contributed by atoms with E-state index >= 15 is 0 Å². The number of benzene rings is 8. The Morgan fingerprint density at radius 1 is 0.255 bits per heavy atom. The van der Waals surface area contributed by atoms with E-state index in [0.29, 0.717) is 0 Å². The van der Waals surface area contributed by atoms with Crippen molar-refractivity contribution < 1.29 is 0 Å². The van der Waals surface area contributed by atoms with Crippen LogP contribution >= 0.6 is 0 Å². The number of nitrogens with zero attached hydrogens (tertiary/aromatic N) is 3. The molecule has 0 radical (unpaired) electrons. The average Bonchev–Trinajstić information content (AvgIpc) is 3.84. The number of rotatable bonds is 4. The summed E-state index contributed by atoms with van der Waals surface area (Å²) in [5.41, 5.74) is 13.1. The second-order valence-electron chi connectivity index (χ2n) is 13.4. The van der Waals surface area contributed by atoms with Gasteiger partial charge in [0.25, 0.3) is 0 Å². The molecule has 8 aromatic carbocycles. The van der Waals surface area contributed by atoms with E-state index in [-0.39, 0.29) is 0 Å². The fourth-order valence-corrected chi connectivity index (χ4v) is 8.46. The second-order valence-corrected chi connectivity index (χ2v) is 13.4. The Labute approximate surface area is 294 Å². The van der Waals surface area contributed by atoms with Crippen LogP contribution in [0.15, 0.2) is 188 Å². The summed E-state index contributed by atoms with van der Waals surface area (Å²) in [4.78, 5) is 0. The lowest BCUT2D eigenvalue weighted by molar-refractivity contribution is 1.17. The minimum atomic E-state index is 1.16. The molecule has 0 aliphatic carbocycles. The molecule has 0 N–H and O–H groups in total. The zero-order chi connectivity index (χ0) is 33.5. The molecule has 0 aliphatic heterocycles. The van der Waals surface area contributed by atoms with Crippen molar-refractivity contribution in [2.75, 3.05) is 0 Å². The highest BCUT2D eigenvalue weighted by Crippen LogP contribution is 2.43. The van der Waals surface area contributed by atoms with Gasteiger partial charge in [0, 0.05) is 49.4 Å². The molecule has 3 heterocycles. The first-order chi connectivity index (χ1) is 25.3. The van der Waals surface area contributed by atoms with Crippen molar-refractivity contribution in [1.29, 1.82) is 0 Å². The maximum atomic E-state index is 2.47. The van der Waals surface area contributed by atoms with E-state index in [1.807, 2.05) is 0 Å². The molecule has 11 rings (SSSR count). The molecule has 0 bridgehead atoms. The van der Waals surface area contributed by atoms with Crippen molar-refractivity contribution in [2.24, 2.45) is 0 Å².